The van der Waals surface area contributed by atoms with E-state index in [0.29, 0.717) is 40.6 Å². The van der Waals surface area contributed by atoms with Gasteiger partial charge in [0.05, 0.1) is 16.7 Å². The quantitative estimate of drug-likeness (QED) is 0.136. The summed E-state index contributed by atoms with van der Waals surface area (Å²) in [6.45, 7) is 0. The van der Waals surface area contributed by atoms with Crippen LogP contribution < -0.4 is 0 Å². The number of fused-ring (bicyclic) bond motifs is 2. The van der Waals surface area contributed by atoms with E-state index in [1.54, 1.807) is 18.6 Å². The number of nitrogens with zero attached hydrogens (tertiary/aromatic N) is 10. The second kappa shape index (κ2) is 16.9. The Bertz CT molecular complexity index is 4080. The lowest BCUT2D eigenvalue weighted by atomic mass is 9.89. The van der Waals surface area contributed by atoms with Crippen molar-refractivity contribution >= 4 is 54.1 Å². The van der Waals surface area contributed by atoms with Gasteiger partial charge in [-0.1, -0.05) is 140 Å². The molecule has 14 rings (SSSR count). The largest absolute Gasteiger partial charge is 0.256 e. The van der Waals surface area contributed by atoms with Crippen LogP contribution in [0.4, 0.5) is 0 Å². The van der Waals surface area contributed by atoms with Crippen LogP contribution in [-0.2, 0) is 0 Å². The number of hydrogen-bond acceptors (Lipinski definition) is 10. The van der Waals surface area contributed by atoms with Gasteiger partial charge in [-0.15, -0.1) is 0 Å². The molecule has 0 aliphatic rings. The van der Waals surface area contributed by atoms with Gasteiger partial charge in [0.15, 0.2) is 34.9 Å². The van der Waals surface area contributed by atoms with Gasteiger partial charge < -0.3 is 0 Å². The van der Waals surface area contributed by atoms with Crippen LogP contribution in [0, 0.1) is 0 Å². The molecule has 0 bridgehead atoms. The molecule has 0 N–H and O–H groups in total. The molecular weight excluding hydrogens is 885 g/mol. The zero-order valence-electron chi connectivity index (χ0n) is 38.3. The maximum Gasteiger partial charge on any atom is 0.182 e. The van der Waals surface area contributed by atoms with E-state index >= 15 is 0 Å². The topological polar surface area (TPSA) is 129 Å². The molecule has 0 radical (unpaired) electrons. The molecule has 0 fully saturated rings. The van der Waals surface area contributed by atoms with Crippen LogP contribution in [0.15, 0.2) is 219 Å². The summed E-state index contributed by atoms with van der Waals surface area (Å²) < 4.78 is 0. The Hall–Kier alpha value is -10.1. The maximum atomic E-state index is 5.29. The number of rotatable bonds is 8. The van der Waals surface area contributed by atoms with Gasteiger partial charge in [-0.3, -0.25) is 19.9 Å². The van der Waals surface area contributed by atoms with Crippen molar-refractivity contribution in [2.75, 3.05) is 0 Å². The van der Waals surface area contributed by atoms with Crippen molar-refractivity contribution in [1.29, 1.82) is 0 Å². The minimum atomic E-state index is 0.471. The standard InChI is InChI=1S/C62H36N10/c1-2-10-37(11-3-1)42-27-32-54(66-36-42)62-71-59(48-13-7-18-53-44(48)15-9-35-65-53)70-61(72-62)50-31-26-40-23-28-45-49(30-25-39-24-29-46(50)56(40)55(39)45)60-68-57(41-21-19-38(20-22-41)51-16-4-5-33-63-51)67-58(69-60)47-12-6-17-52-43(47)14-8-34-64-52/h1-36H. The van der Waals surface area contributed by atoms with Crippen LogP contribution in [0.1, 0.15) is 0 Å². The molecule has 14 aromatic rings. The van der Waals surface area contributed by atoms with Gasteiger partial charge in [-0.05, 0) is 92.5 Å². The van der Waals surface area contributed by atoms with Crippen molar-refractivity contribution in [3.05, 3.63) is 219 Å². The fraction of sp³-hybridized carbons (Fsp3) is 0. The first-order valence-corrected chi connectivity index (χ1v) is 23.6. The number of pyridine rings is 4. The van der Waals surface area contributed by atoms with Crippen molar-refractivity contribution in [3.63, 3.8) is 0 Å². The van der Waals surface area contributed by atoms with Crippen LogP contribution in [-0.4, -0.2) is 49.8 Å². The second-order valence-corrected chi connectivity index (χ2v) is 17.6. The van der Waals surface area contributed by atoms with E-state index < -0.39 is 0 Å². The fourth-order valence-corrected chi connectivity index (χ4v) is 9.92. The van der Waals surface area contributed by atoms with Gasteiger partial charge in [-0.25, -0.2) is 29.9 Å². The molecule has 10 heteroatoms. The predicted molar refractivity (Wildman–Crippen MR) is 287 cm³/mol. The number of benzene rings is 8. The number of hydrogen-bond donors (Lipinski definition) is 0. The third-order valence-corrected chi connectivity index (χ3v) is 13.4. The second-order valence-electron chi connectivity index (χ2n) is 17.6. The average Bonchev–Trinajstić information content (AvgIpc) is 3.46. The van der Waals surface area contributed by atoms with Gasteiger partial charge in [0, 0.05) is 74.5 Å². The maximum absolute atomic E-state index is 5.29. The Balaban J connectivity index is 0.952. The molecule has 8 aromatic carbocycles. The summed E-state index contributed by atoms with van der Waals surface area (Å²) in [5, 5.41) is 8.28. The summed E-state index contributed by atoms with van der Waals surface area (Å²) in [6, 6.07) is 65.8. The molecule has 0 amide bonds. The first kappa shape index (κ1) is 41.0. The van der Waals surface area contributed by atoms with Crippen LogP contribution in [0.2, 0.25) is 0 Å². The molecule has 0 atom stereocenters. The minimum Gasteiger partial charge on any atom is -0.256 e. The van der Waals surface area contributed by atoms with E-state index in [2.05, 4.69) is 106 Å². The highest BCUT2D eigenvalue weighted by molar-refractivity contribution is 6.27. The van der Waals surface area contributed by atoms with Crippen molar-refractivity contribution in [1.82, 2.24) is 49.8 Å². The van der Waals surface area contributed by atoms with Gasteiger partial charge >= 0.3 is 0 Å². The van der Waals surface area contributed by atoms with E-state index in [1.807, 2.05) is 109 Å². The fourth-order valence-electron chi connectivity index (χ4n) is 9.92. The van der Waals surface area contributed by atoms with E-state index in [9.17, 15) is 0 Å². The molecule has 0 aliphatic heterocycles. The molecule has 6 heterocycles. The molecule has 0 saturated heterocycles. The smallest absolute Gasteiger partial charge is 0.182 e. The van der Waals surface area contributed by atoms with Crippen LogP contribution in [0.25, 0.3) is 145 Å². The molecule has 0 aliphatic carbocycles. The molecule has 0 unspecified atom stereocenters. The summed E-state index contributed by atoms with van der Waals surface area (Å²) in [7, 11) is 0. The summed E-state index contributed by atoms with van der Waals surface area (Å²) in [5.74, 6) is 3.22. The van der Waals surface area contributed by atoms with E-state index in [1.165, 1.54) is 0 Å². The Morgan fingerprint density at radius 3 is 1.29 bits per heavy atom. The molecular formula is C62H36N10. The first-order valence-electron chi connectivity index (χ1n) is 23.6. The predicted octanol–water partition coefficient (Wildman–Crippen LogP) is 14.2. The third kappa shape index (κ3) is 7.04. The summed E-state index contributed by atoms with van der Waals surface area (Å²) in [5.41, 5.74) is 10.7. The molecule has 10 nitrogen and oxygen atoms in total. The van der Waals surface area contributed by atoms with Gasteiger partial charge in [-0.2, -0.15) is 0 Å². The average molecular weight is 921 g/mol. The zero-order chi connectivity index (χ0) is 47.5. The minimum absolute atomic E-state index is 0.471. The van der Waals surface area contributed by atoms with Crippen LogP contribution in [0.3, 0.4) is 0 Å². The Labute approximate surface area is 411 Å². The molecule has 6 aromatic heterocycles. The number of aromatic nitrogens is 10. The molecule has 72 heavy (non-hydrogen) atoms. The summed E-state index contributed by atoms with van der Waals surface area (Å²) in [6.07, 6.45) is 7.29. The van der Waals surface area contributed by atoms with Crippen LogP contribution in [0.5, 0.6) is 0 Å². The van der Waals surface area contributed by atoms with Crippen molar-refractivity contribution in [2.45, 2.75) is 0 Å². The lowest BCUT2D eigenvalue weighted by molar-refractivity contribution is 1.06. The molecule has 0 saturated carbocycles. The van der Waals surface area contributed by atoms with Crippen molar-refractivity contribution < 1.29 is 0 Å². The van der Waals surface area contributed by atoms with Crippen LogP contribution >= 0.6 is 0 Å². The highest BCUT2D eigenvalue weighted by Crippen LogP contribution is 2.43. The monoisotopic (exact) mass is 920 g/mol. The zero-order valence-corrected chi connectivity index (χ0v) is 38.3. The normalized spacial score (nSPS) is 11.6. The van der Waals surface area contributed by atoms with E-state index in [4.69, 9.17) is 34.9 Å². The first-order chi connectivity index (χ1) is 35.7. The van der Waals surface area contributed by atoms with Crippen molar-refractivity contribution in [2.24, 2.45) is 0 Å². The molecule has 0 spiro atoms. The lowest BCUT2D eigenvalue weighted by Gasteiger charge is -2.17. The Morgan fingerprint density at radius 2 is 0.736 bits per heavy atom. The summed E-state index contributed by atoms with van der Waals surface area (Å²) in [4.78, 5) is 50.1. The SMILES string of the molecule is c1ccc(-c2ccc(-c3nc(-c4cccc5ncccc45)nc(-c4ccc5ccc6c(-c7nc(-c8ccc(-c9ccccn9)cc8)nc(-c8cccc9ncccc89)n7)ccc7ccc4c5c76)n3)nc2)cc1. The van der Waals surface area contributed by atoms with Crippen molar-refractivity contribution in [3.8, 4) is 90.8 Å². The Morgan fingerprint density at radius 1 is 0.236 bits per heavy atom. The summed E-state index contributed by atoms with van der Waals surface area (Å²) >= 11 is 0. The van der Waals surface area contributed by atoms with E-state index in [0.717, 1.165) is 104 Å². The third-order valence-electron chi connectivity index (χ3n) is 13.4. The molecule has 334 valence electrons. The lowest BCUT2D eigenvalue weighted by Crippen LogP contribution is -2.02. The Kier molecular flexibility index (Phi) is 9.59. The van der Waals surface area contributed by atoms with E-state index in [-0.39, 0.29) is 0 Å². The highest BCUT2D eigenvalue weighted by Gasteiger charge is 2.22. The highest BCUT2D eigenvalue weighted by atomic mass is 15.1. The van der Waals surface area contributed by atoms with Gasteiger partial charge in [0.25, 0.3) is 0 Å². The van der Waals surface area contributed by atoms with Gasteiger partial charge in [0.2, 0.25) is 0 Å². The van der Waals surface area contributed by atoms with Gasteiger partial charge in [0.1, 0.15) is 5.69 Å².